The van der Waals surface area contributed by atoms with E-state index < -0.39 is 12.3 Å². The second kappa shape index (κ2) is 8.26. The number of carbonyl (C=O) groups is 1. The summed E-state index contributed by atoms with van der Waals surface area (Å²) in [5.41, 5.74) is 3.85. The Labute approximate surface area is 187 Å². The van der Waals surface area contributed by atoms with E-state index in [1.54, 1.807) is 10.9 Å². The molecule has 0 saturated carbocycles. The predicted molar refractivity (Wildman–Crippen MR) is 119 cm³/mol. The molecule has 2 saturated heterocycles. The summed E-state index contributed by atoms with van der Waals surface area (Å²) in [4.78, 5) is 28.2. The average Bonchev–Trinajstić information content (AvgIpc) is 3.35. The summed E-state index contributed by atoms with van der Waals surface area (Å²) in [5.74, 6) is 0.337. The normalized spacial score (nSPS) is 26.7. The van der Waals surface area contributed by atoms with Crippen molar-refractivity contribution in [3.8, 4) is 0 Å². The zero-order valence-corrected chi connectivity index (χ0v) is 18.7. The van der Waals surface area contributed by atoms with E-state index in [4.69, 9.17) is 4.74 Å². The standard InChI is InChI=1S/C24H29N5O3/c1-14-4-6-17(7-5-14)18-8-10-28(11-9-18)23(31)20-19-22(26-12-25-20)29(13-27-19)24-21(30)15(2)16(3)32-24/h4-7,12-13,15-16,18,21,24,30H,8-11H2,1-3H3/t15-,16-,21-,24-/m1/s1. The van der Waals surface area contributed by atoms with Crippen molar-refractivity contribution in [3.63, 3.8) is 0 Å². The van der Waals surface area contributed by atoms with Crippen LogP contribution in [0.2, 0.25) is 0 Å². The van der Waals surface area contributed by atoms with Gasteiger partial charge in [-0.3, -0.25) is 9.36 Å². The number of hydrogen-bond acceptors (Lipinski definition) is 6. The van der Waals surface area contributed by atoms with E-state index in [1.807, 2.05) is 18.7 Å². The Kier molecular flexibility index (Phi) is 5.43. The number of fused-ring (bicyclic) bond motifs is 1. The van der Waals surface area contributed by atoms with Crippen LogP contribution in [0.5, 0.6) is 0 Å². The summed E-state index contributed by atoms with van der Waals surface area (Å²) in [7, 11) is 0. The van der Waals surface area contributed by atoms with E-state index in [-0.39, 0.29) is 17.9 Å². The summed E-state index contributed by atoms with van der Waals surface area (Å²) >= 11 is 0. The number of hydrogen-bond donors (Lipinski definition) is 1. The Bertz CT molecular complexity index is 1120. The van der Waals surface area contributed by atoms with Crippen LogP contribution < -0.4 is 0 Å². The summed E-state index contributed by atoms with van der Waals surface area (Å²) in [6.07, 6.45) is 3.50. The Hall–Kier alpha value is -2.84. The van der Waals surface area contributed by atoms with Gasteiger partial charge in [-0.2, -0.15) is 0 Å². The number of ether oxygens (including phenoxy) is 1. The number of rotatable bonds is 3. The molecule has 0 unspecified atom stereocenters. The Morgan fingerprint density at radius 1 is 1.09 bits per heavy atom. The van der Waals surface area contributed by atoms with Gasteiger partial charge in [-0.1, -0.05) is 36.8 Å². The lowest BCUT2D eigenvalue weighted by Gasteiger charge is -2.32. The van der Waals surface area contributed by atoms with Gasteiger partial charge < -0.3 is 14.7 Å². The molecule has 2 fully saturated rings. The Morgan fingerprint density at radius 3 is 2.47 bits per heavy atom. The number of aryl methyl sites for hydroxylation is 1. The van der Waals surface area contributed by atoms with Crippen molar-refractivity contribution in [2.75, 3.05) is 13.1 Å². The SMILES string of the molecule is Cc1ccc(C2CCN(C(=O)c3ncnc4c3ncn4[C@@H]3O[C@H](C)[C@@H](C)[C@H]3O)CC2)cc1. The zero-order valence-electron chi connectivity index (χ0n) is 18.7. The number of aliphatic hydroxyl groups excluding tert-OH is 1. The maximum Gasteiger partial charge on any atom is 0.274 e. The fraction of sp³-hybridized carbons (Fsp3) is 0.500. The molecule has 0 aliphatic carbocycles. The first-order valence-corrected chi connectivity index (χ1v) is 11.3. The van der Waals surface area contributed by atoms with Gasteiger partial charge in [0.1, 0.15) is 17.9 Å². The molecule has 2 aromatic heterocycles. The van der Waals surface area contributed by atoms with Gasteiger partial charge in [0.2, 0.25) is 0 Å². The summed E-state index contributed by atoms with van der Waals surface area (Å²) < 4.78 is 7.64. The molecule has 0 bridgehead atoms. The topological polar surface area (TPSA) is 93.4 Å². The van der Waals surface area contributed by atoms with Crippen LogP contribution in [-0.2, 0) is 4.74 Å². The predicted octanol–water partition coefficient (Wildman–Crippen LogP) is 3.07. The van der Waals surface area contributed by atoms with E-state index in [1.165, 1.54) is 17.5 Å². The van der Waals surface area contributed by atoms with Crippen LogP contribution in [0.15, 0.2) is 36.9 Å². The van der Waals surface area contributed by atoms with Gasteiger partial charge in [-0.15, -0.1) is 0 Å². The molecule has 2 aliphatic heterocycles. The molecule has 1 N–H and O–H groups in total. The Balaban J connectivity index is 1.35. The molecule has 4 atom stereocenters. The number of likely N-dealkylation sites (tertiary alicyclic amines) is 1. The number of benzene rings is 1. The first-order chi connectivity index (χ1) is 15.4. The third-order valence-electron chi connectivity index (χ3n) is 7.09. The highest BCUT2D eigenvalue weighted by molar-refractivity contribution is 6.02. The van der Waals surface area contributed by atoms with Crippen molar-refractivity contribution < 1.29 is 14.6 Å². The third-order valence-corrected chi connectivity index (χ3v) is 7.09. The number of amides is 1. The van der Waals surface area contributed by atoms with Gasteiger partial charge in [0.15, 0.2) is 17.6 Å². The van der Waals surface area contributed by atoms with Crippen LogP contribution >= 0.6 is 0 Å². The van der Waals surface area contributed by atoms with Crippen molar-refractivity contribution >= 4 is 17.1 Å². The first kappa shape index (κ1) is 21.0. The zero-order chi connectivity index (χ0) is 22.4. The number of carbonyl (C=O) groups excluding carboxylic acids is 1. The fourth-order valence-corrected chi connectivity index (χ4v) is 4.79. The molecule has 0 radical (unpaired) electrons. The average molecular weight is 436 g/mol. The summed E-state index contributed by atoms with van der Waals surface area (Å²) in [6, 6.07) is 8.68. The van der Waals surface area contributed by atoms with Crippen LogP contribution in [0.3, 0.4) is 0 Å². The van der Waals surface area contributed by atoms with Gasteiger partial charge in [-0.05, 0) is 38.2 Å². The third kappa shape index (κ3) is 3.57. The second-order valence-electron chi connectivity index (χ2n) is 9.10. The first-order valence-electron chi connectivity index (χ1n) is 11.3. The highest BCUT2D eigenvalue weighted by atomic mass is 16.5. The lowest BCUT2D eigenvalue weighted by molar-refractivity contribution is -0.0298. The molecular formula is C24H29N5O3. The molecule has 1 aromatic carbocycles. The van der Waals surface area contributed by atoms with E-state index in [0.717, 1.165) is 12.8 Å². The van der Waals surface area contributed by atoms with Crippen molar-refractivity contribution in [2.45, 2.75) is 58.0 Å². The minimum Gasteiger partial charge on any atom is -0.388 e. The van der Waals surface area contributed by atoms with Gasteiger partial charge in [0.25, 0.3) is 5.91 Å². The van der Waals surface area contributed by atoms with Gasteiger partial charge >= 0.3 is 0 Å². The van der Waals surface area contributed by atoms with Crippen LogP contribution in [0.25, 0.3) is 11.2 Å². The monoisotopic (exact) mass is 435 g/mol. The van der Waals surface area contributed by atoms with E-state index in [2.05, 4.69) is 46.1 Å². The van der Waals surface area contributed by atoms with Crippen molar-refractivity contribution in [1.29, 1.82) is 0 Å². The quantitative estimate of drug-likeness (QED) is 0.680. The van der Waals surface area contributed by atoms with Crippen molar-refractivity contribution in [2.24, 2.45) is 5.92 Å². The molecule has 32 heavy (non-hydrogen) atoms. The number of aromatic nitrogens is 4. The van der Waals surface area contributed by atoms with Crippen LogP contribution in [0, 0.1) is 12.8 Å². The van der Waals surface area contributed by atoms with E-state index >= 15 is 0 Å². The molecule has 5 rings (SSSR count). The fourth-order valence-electron chi connectivity index (χ4n) is 4.79. The Morgan fingerprint density at radius 2 is 1.81 bits per heavy atom. The number of aliphatic hydroxyl groups is 1. The highest BCUT2D eigenvalue weighted by Gasteiger charge is 2.40. The van der Waals surface area contributed by atoms with Crippen LogP contribution in [-0.4, -0.2) is 60.7 Å². The molecule has 2 aliphatic rings. The molecule has 3 aromatic rings. The summed E-state index contributed by atoms with van der Waals surface area (Å²) in [6.45, 7) is 7.36. The minimum absolute atomic E-state index is 0.00443. The van der Waals surface area contributed by atoms with Crippen LogP contribution in [0.4, 0.5) is 0 Å². The van der Waals surface area contributed by atoms with Gasteiger partial charge in [0, 0.05) is 19.0 Å². The molecule has 168 valence electrons. The molecule has 8 heteroatoms. The maximum atomic E-state index is 13.3. The second-order valence-corrected chi connectivity index (χ2v) is 9.10. The molecule has 8 nitrogen and oxygen atoms in total. The molecular weight excluding hydrogens is 406 g/mol. The van der Waals surface area contributed by atoms with Gasteiger partial charge in [0.05, 0.1) is 12.4 Å². The largest absolute Gasteiger partial charge is 0.388 e. The highest BCUT2D eigenvalue weighted by Crippen LogP contribution is 2.35. The molecule has 0 spiro atoms. The number of nitrogens with zero attached hydrogens (tertiary/aromatic N) is 5. The number of imidazole rings is 1. The molecule has 4 heterocycles. The van der Waals surface area contributed by atoms with Crippen molar-refractivity contribution in [1.82, 2.24) is 24.4 Å². The smallest absolute Gasteiger partial charge is 0.274 e. The van der Waals surface area contributed by atoms with Gasteiger partial charge in [-0.25, -0.2) is 15.0 Å². The van der Waals surface area contributed by atoms with E-state index in [0.29, 0.717) is 35.9 Å². The van der Waals surface area contributed by atoms with Crippen LogP contribution in [0.1, 0.15) is 60.5 Å². The van der Waals surface area contributed by atoms with Crippen molar-refractivity contribution in [3.05, 3.63) is 53.7 Å². The van der Waals surface area contributed by atoms with E-state index in [9.17, 15) is 9.90 Å². The lowest BCUT2D eigenvalue weighted by Crippen LogP contribution is -2.38. The maximum absolute atomic E-state index is 13.3. The summed E-state index contributed by atoms with van der Waals surface area (Å²) in [5, 5.41) is 10.6. The molecule has 1 amide bonds. The lowest BCUT2D eigenvalue weighted by atomic mass is 9.89. The minimum atomic E-state index is -0.669. The number of piperidine rings is 1.